The van der Waals surface area contributed by atoms with Gasteiger partial charge in [-0.2, -0.15) is 26.7 Å². The minimum atomic E-state index is -4.20. The molecule has 4 heterocycles. The van der Waals surface area contributed by atoms with E-state index in [0.717, 1.165) is 47.5 Å². The second-order valence-corrected chi connectivity index (χ2v) is 23.8. The number of aromatic carboxylic acids is 4. The van der Waals surface area contributed by atoms with Gasteiger partial charge in [0.1, 0.15) is 33.0 Å². The molecule has 10 aromatic rings. The quantitative estimate of drug-likeness (QED) is 0.0152. The molecule has 6 aromatic carbocycles. The number of carboxylic acids is 4. The molecular weight excluding hydrogens is 1290 g/mol. The number of unbranched alkanes of at least 4 members (excludes halogenated alkanes) is 6. The van der Waals surface area contributed by atoms with Crippen molar-refractivity contribution in [2.75, 3.05) is 22.7 Å². The predicted octanol–water partition coefficient (Wildman–Crippen LogP) is 15.1. The number of hydrogen-bond acceptors (Lipinski definition) is 16. The number of carboxylic acid groups (broad SMARTS) is 4. The molecule has 0 atom stereocenters. The van der Waals surface area contributed by atoms with E-state index in [2.05, 4.69) is 73.3 Å². The fourth-order valence-electron chi connectivity index (χ4n) is 8.35. The van der Waals surface area contributed by atoms with Gasteiger partial charge >= 0.3 is 23.9 Å². The Hall–Kier alpha value is -9.48. The van der Waals surface area contributed by atoms with E-state index >= 15 is 0 Å². The molecule has 0 fully saturated rings. The van der Waals surface area contributed by atoms with Crippen LogP contribution in [0.1, 0.15) is 107 Å². The largest absolute Gasteiger partial charge is 0.478 e. The van der Waals surface area contributed by atoms with Crippen LogP contribution in [-0.2, 0) is 20.1 Å². The summed E-state index contributed by atoms with van der Waals surface area (Å²) in [5.74, 6) is -5.76. The first kappa shape index (κ1) is 69.6. The molecule has 90 heavy (non-hydrogen) atoms. The average Bonchev–Trinajstić information content (AvgIpc) is 3.59. The van der Waals surface area contributed by atoms with E-state index in [0.29, 0.717) is 37.8 Å². The molecule has 470 valence electrons. The van der Waals surface area contributed by atoms with Crippen LogP contribution in [0.5, 0.6) is 0 Å². The number of nitrogens with one attached hydrogen (secondary N) is 2. The van der Waals surface area contributed by atoms with Crippen molar-refractivity contribution in [3.63, 3.8) is 0 Å². The molecule has 0 saturated carbocycles. The lowest BCUT2D eigenvalue weighted by Crippen LogP contribution is -2.25. The molecule has 28 heteroatoms. The summed E-state index contributed by atoms with van der Waals surface area (Å²) in [4.78, 5) is 55.1. The lowest BCUT2D eigenvalue weighted by atomic mass is 10.1. The van der Waals surface area contributed by atoms with Crippen molar-refractivity contribution in [3.05, 3.63) is 203 Å². The maximum Gasteiger partial charge on any atom is 0.352 e. The van der Waals surface area contributed by atoms with Crippen LogP contribution in [0.2, 0.25) is 0 Å². The Morgan fingerprint density at radius 2 is 1.30 bits per heavy atom. The van der Waals surface area contributed by atoms with Gasteiger partial charge in [-0.05, 0) is 140 Å². The van der Waals surface area contributed by atoms with Gasteiger partial charge in [0.05, 0.1) is 50.3 Å². The van der Waals surface area contributed by atoms with Crippen molar-refractivity contribution in [1.82, 2.24) is 23.7 Å². The van der Waals surface area contributed by atoms with Crippen molar-refractivity contribution >= 4 is 127 Å². The zero-order valence-corrected chi connectivity index (χ0v) is 52.2. The Labute approximate surface area is 528 Å². The summed E-state index contributed by atoms with van der Waals surface area (Å²) in [7, 11) is -8.20. The Balaban J connectivity index is 0.000000184. The molecule has 7 N–H and O–H groups in total. The molecule has 0 saturated heterocycles. The van der Waals surface area contributed by atoms with Crippen LogP contribution >= 0.6 is 27.7 Å². The van der Waals surface area contributed by atoms with Gasteiger partial charge in [0, 0.05) is 51.9 Å². The number of azo groups is 1. The number of sulfonamides is 1. The van der Waals surface area contributed by atoms with Crippen molar-refractivity contribution in [2.45, 2.75) is 75.0 Å². The highest BCUT2D eigenvalue weighted by Crippen LogP contribution is 2.29. The van der Waals surface area contributed by atoms with Crippen molar-refractivity contribution < 1.29 is 69.8 Å². The molecule has 0 radical (unpaired) electrons. The highest BCUT2D eigenvalue weighted by Gasteiger charge is 2.23. The Morgan fingerprint density at radius 1 is 0.633 bits per heavy atom. The van der Waals surface area contributed by atoms with Gasteiger partial charge < -0.3 is 30.3 Å². The zero-order chi connectivity index (χ0) is 65.4. The third-order valence-corrected chi connectivity index (χ3v) is 16.2. The Bertz CT molecular complexity index is 4330. The van der Waals surface area contributed by atoms with Gasteiger partial charge in [0.2, 0.25) is 5.95 Å². The first-order chi connectivity index (χ1) is 43.0. The minimum absolute atomic E-state index is 0.0270. The SMILES string of the molecule is CCCCCCN(CCCCCC)c1ccc(C(=O)O)cc1.O=C(O)c1cc(Br)ccc1NS(=O)(=O)c1cccc2nsnc12.O=C(O)c1cc2cc(F)ccc2[nH]1.O=C(O)c1cccnc1F.O=S(=O)(O)c1ccc(N=Nc2ccnc3ccccc23)cc1. The molecule has 0 aliphatic heterocycles. The van der Waals surface area contributed by atoms with Crippen molar-refractivity contribution in [2.24, 2.45) is 10.2 Å². The number of rotatable bonds is 21. The van der Waals surface area contributed by atoms with Gasteiger partial charge in [0.15, 0.2) is 0 Å². The molecule has 0 unspecified atom stereocenters. The molecule has 4 aromatic heterocycles. The van der Waals surface area contributed by atoms with Gasteiger partial charge in [-0.3, -0.25) is 14.3 Å². The van der Waals surface area contributed by atoms with Crippen LogP contribution in [0.25, 0.3) is 32.8 Å². The van der Waals surface area contributed by atoms with Gasteiger partial charge in [-0.25, -0.2) is 37.0 Å². The topological polar surface area (TPSA) is 345 Å². The number of aromatic amines is 1. The predicted molar refractivity (Wildman–Crippen MR) is 342 cm³/mol. The van der Waals surface area contributed by atoms with E-state index in [1.54, 1.807) is 42.6 Å². The first-order valence-electron chi connectivity index (χ1n) is 27.5. The Kier molecular flexibility index (Phi) is 26.1. The normalized spacial score (nSPS) is 11.0. The highest BCUT2D eigenvalue weighted by atomic mass is 79.9. The number of nitrogens with zero attached hydrogens (tertiary/aromatic N) is 7. The molecule has 0 aliphatic carbocycles. The van der Waals surface area contributed by atoms with E-state index < -0.39 is 55.5 Å². The molecular formula is C62H60BrF2N9O13S3. The smallest absolute Gasteiger partial charge is 0.352 e. The number of aromatic nitrogens is 5. The third-order valence-electron chi connectivity index (χ3n) is 12.9. The van der Waals surface area contributed by atoms with E-state index in [9.17, 15) is 49.9 Å². The number of H-pyrrole nitrogens is 1. The van der Waals surface area contributed by atoms with Crippen molar-refractivity contribution in [1.29, 1.82) is 0 Å². The lowest BCUT2D eigenvalue weighted by Gasteiger charge is -2.25. The summed E-state index contributed by atoms with van der Waals surface area (Å²) in [6, 6.07) is 39.0. The Morgan fingerprint density at radius 3 is 1.91 bits per heavy atom. The molecule has 0 aliphatic rings. The molecule has 0 bridgehead atoms. The average molecular weight is 1350 g/mol. The fraction of sp³-hybridized carbons (Fsp3) is 0.194. The van der Waals surface area contributed by atoms with Crippen molar-refractivity contribution in [3.8, 4) is 0 Å². The van der Waals surface area contributed by atoms with E-state index in [1.165, 1.54) is 130 Å². The number of pyridine rings is 2. The van der Waals surface area contributed by atoms with Crippen LogP contribution < -0.4 is 9.62 Å². The molecule has 10 rings (SSSR count). The number of para-hydroxylation sites is 1. The van der Waals surface area contributed by atoms with E-state index in [4.69, 9.17) is 19.9 Å². The number of carbonyl (C=O) groups is 4. The minimum Gasteiger partial charge on any atom is -0.478 e. The number of hydrogen-bond donors (Lipinski definition) is 7. The van der Waals surface area contributed by atoms with Gasteiger partial charge in [-0.1, -0.05) is 92.6 Å². The summed E-state index contributed by atoms with van der Waals surface area (Å²) >= 11 is 4.07. The molecule has 0 spiro atoms. The maximum atomic E-state index is 12.7. The second kappa shape index (κ2) is 33.8. The molecule has 22 nitrogen and oxygen atoms in total. The van der Waals surface area contributed by atoms with Crippen LogP contribution in [0.4, 0.5) is 31.5 Å². The van der Waals surface area contributed by atoms with E-state index in [-0.39, 0.29) is 38.1 Å². The first-order valence-corrected chi connectivity index (χ1v) is 32.0. The summed E-state index contributed by atoms with van der Waals surface area (Å²) in [6.45, 7) is 6.59. The monoisotopic (exact) mass is 1350 g/mol. The van der Waals surface area contributed by atoms with Crippen LogP contribution in [-0.4, -0.2) is 102 Å². The highest BCUT2D eigenvalue weighted by molar-refractivity contribution is 9.10. The van der Waals surface area contributed by atoms with Crippen LogP contribution in [0, 0.1) is 11.8 Å². The summed E-state index contributed by atoms with van der Waals surface area (Å²) in [5.41, 5.74) is 4.30. The van der Waals surface area contributed by atoms with E-state index in [1.807, 2.05) is 36.4 Å². The summed E-state index contributed by atoms with van der Waals surface area (Å²) < 4.78 is 91.9. The third kappa shape index (κ3) is 20.8. The lowest BCUT2D eigenvalue weighted by molar-refractivity contribution is 0.0680. The fourth-order valence-corrected chi connectivity index (χ4v) is 11.0. The maximum absolute atomic E-state index is 12.7. The van der Waals surface area contributed by atoms with Gasteiger partial charge in [-0.15, -0.1) is 5.11 Å². The summed E-state index contributed by atoms with van der Waals surface area (Å²) in [6.07, 6.45) is 12.9. The van der Waals surface area contributed by atoms with Crippen LogP contribution in [0.3, 0.4) is 0 Å². The summed E-state index contributed by atoms with van der Waals surface area (Å²) in [5, 5.41) is 44.8. The second-order valence-electron chi connectivity index (χ2n) is 19.3. The number of anilines is 2. The van der Waals surface area contributed by atoms with Gasteiger partial charge in [0.25, 0.3) is 20.1 Å². The zero-order valence-electron chi connectivity index (χ0n) is 48.2. The molecule has 0 amide bonds. The number of benzene rings is 6. The standard InChI is InChI=1S/C19H31NO2.C15H11N3O3S.C13H8BrN3O4S2.C9H6FNO2.C6H4FNO2/c1-3-5-7-9-15-20(16-10-8-6-4-2)18-13-11-17(12-14-18)19(21)22;19-22(20,21)12-7-5-11(6-8-12)17-18-15-9-10-16-14-4-2-1-3-13(14)15;14-7-4-5-9(8(6-7)13(18)19)17-23(20,21)11-3-1-2-10-12(11)16-22-15-10;10-6-1-2-7-5(3-6)4-8(11-7)9(12)13;7-5-4(6(9)10)2-1-3-8-5/h11-14H,3-10,15-16H2,1-2H3,(H,21,22);1-10H,(H,19,20,21);1-6,17H,(H,18,19);1-4,11H,(H,12,13);1-3H,(H,9,10). The number of fused-ring (bicyclic) bond motifs is 3. The van der Waals surface area contributed by atoms with Crippen LogP contribution in [0.15, 0.2) is 189 Å². The number of halogens is 3.